The normalized spacial score (nSPS) is 12.8. The first-order valence-electron chi connectivity index (χ1n) is 8.84. The maximum absolute atomic E-state index is 12.9. The van der Waals surface area contributed by atoms with Crippen molar-refractivity contribution in [3.05, 3.63) is 81.3 Å². The second kappa shape index (κ2) is 8.75. The Labute approximate surface area is 166 Å². The third kappa shape index (κ3) is 5.56. The van der Waals surface area contributed by atoms with Gasteiger partial charge in [-0.25, -0.2) is 4.98 Å². The third-order valence-electron chi connectivity index (χ3n) is 4.29. The topological polar surface area (TPSA) is 34.1 Å². The maximum Gasteiger partial charge on any atom is 0.416 e. The fraction of sp³-hybridized carbons (Fsp3) is 0.286. The predicted molar refractivity (Wildman–Crippen MR) is 104 cm³/mol. The van der Waals surface area contributed by atoms with Crippen molar-refractivity contribution in [3.8, 4) is 5.75 Å². The minimum atomic E-state index is -4.34. The van der Waals surface area contributed by atoms with Crippen molar-refractivity contribution < 1.29 is 17.9 Å². The molecule has 1 atom stereocenters. The van der Waals surface area contributed by atoms with E-state index in [1.54, 1.807) is 6.07 Å². The van der Waals surface area contributed by atoms with Gasteiger partial charge in [-0.3, -0.25) is 0 Å². The number of benzene rings is 2. The zero-order valence-electron chi connectivity index (χ0n) is 15.6. The van der Waals surface area contributed by atoms with Crippen molar-refractivity contribution in [2.24, 2.45) is 0 Å². The van der Waals surface area contributed by atoms with E-state index in [-0.39, 0.29) is 6.04 Å². The number of rotatable bonds is 7. The molecule has 3 aromatic rings. The monoisotopic (exact) mass is 406 g/mol. The highest BCUT2D eigenvalue weighted by Gasteiger charge is 2.30. The molecule has 1 aromatic heterocycles. The Morgan fingerprint density at radius 2 is 1.89 bits per heavy atom. The predicted octanol–water partition coefficient (Wildman–Crippen LogP) is 5.90. The van der Waals surface area contributed by atoms with Gasteiger partial charge in [-0.2, -0.15) is 13.2 Å². The Balaban J connectivity index is 1.53. The van der Waals surface area contributed by atoms with Crippen molar-refractivity contribution in [1.82, 2.24) is 10.3 Å². The van der Waals surface area contributed by atoms with Gasteiger partial charge < -0.3 is 10.1 Å². The third-order valence-corrected chi connectivity index (χ3v) is 5.16. The number of hydrogen-bond donors (Lipinski definition) is 1. The first kappa shape index (κ1) is 20.4. The van der Waals surface area contributed by atoms with Gasteiger partial charge in [0.1, 0.15) is 17.4 Å². The number of thiazole rings is 1. The van der Waals surface area contributed by atoms with E-state index in [9.17, 15) is 13.2 Å². The molecule has 0 amide bonds. The van der Waals surface area contributed by atoms with Gasteiger partial charge in [0.2, 0.25) is 0 Å². The second-order valence-electron chi connectivity index (χ2n) is 6.56. The van der Waals surface area contributed by atoms with Crippen LogP contribution >= 0.6 is 11.3 Å². The van der Waals surface area contributed by atoms with Crippen molar-refractivity contribution in [2.45, 2.75) is 39.2 Å². The van der Waals surface area contributed by atoms with E-state index in [1.807, 2.05) is 43.5 Å². The van der Waals surface area contributed by atoms with Crippen LogP contribution in [0.25, 0.3) is 0 Å². The lowest BCUT2D eigenvalue weighted by Gasteiger charge is -2.15. The lowest BCUT2D eigenvalue weighted by Crippen LogP contribution is -2.19. The summed E-state index contributed by atoms with van der Waals surface area (Å²) in [5.41, 5.74) is 1.96. The molecular formula is C21H21F3N2OS. The van der Waals surface area contributed by atoms with E-state index >= 15 is 0 Å². The van der Waals surface area contributed by atoms with E-state index in [1.165, 1.54) is 29.0 Å². The molecule has 3 rings (SSSR count). The Morgan fingerprint density at radius 1 is 1.14 bits per heavy atom. The summed E-state index contributed by atoms with van der Waals surface area (Å²) in [4.78, 5) is 4.52. The standard InChI is InChI=1S/C21H21F3N2OS/c1-14-6-8-19(9-7-14)27-12-20-26-18(13-28-20)11-25-15(2)16-4-3-5-17(10-16)21(22,23)24/h3-10,13,15,25H,11-12H2,1-2H3. The van der Waals surface area contributed by atoms with Gasteiger partial charge >= 0.3 is 6.18 Å². The first-order chi connectivity index (χ1) is 13.3. The molecule has 0 bridgehead atoms. The van der Waals surface area contributed by atoms with E-state index in [4.69, 9.17) is 4.74 Å². The summed E-state index contributed by atoms with van der Waals surface area (Å²) in [5.74, 6) is 0.790. The maximum atomic E-state index is 12.9. The smallest absolute Gasteiger partial charge is 0.416 e. The van der Waals surface area contributed by atoms with E-state index < -0.39 is 11.7 Å². The Bertz CT molecular complexity index is 907. The van der Waals surface area contributed by atoms with Gasteiger partial charge in [0, 0.05) is 18.0 Å². The van der Waals surface area contributed by atoms with Gasteiger partial charge in [-0.15, -0.1) is 11.3 Å². The molecule has 1 unspecified atom stereocenters. The second-order valence-corrected chi connectivity index (χ2v) is 7.50. The highest BCUT2D eigenvalue weighted by molar-refractivity contribution is 7.09. The number of alkyl halides is 3. The molecule has 3 nitrogen and oxygen atoms in total. The Morgan fingerprint density at radius 3 is 2.61 bits per heavy atom. The quantitative estimate of drug-likeness (QED) is 0.530. The SMILES string of the molecule is Cc1ccc(OCc2nc(CNC(C)c3cccc(C(F)(F)F)c3)cs2)cc1. The molecule has 7 heteroatoms. The molecule has 0 spiro atoms. The van der Waals surface area contributed by atoms with Gasteiger partial charge in [-0.05, 0) is 43.7 Å². The summed E-state index contributed by atoms with van der Waals surface area (Å²) < 4.78 is 44.3. The van der Waals surface area contributed by atoms with E-state index in [0.717, 1.165) is 22.5 Å². The molecule has 148 valence electrons. The van der Waals surface area contributed by atoms with Crippen LogP contribution in [0.15, 0.2) is 53.9 Å². The van der Waals surface area contributed by atoms with E-state index in [0.29, 0.717) is 18.7 Å². The zero-order valence-corrected chi connectivity index (χ0v) is 16.4. The number of nitrogens with one attached hydrogen (secondary N) is 1. The fourth-order valence-corrected chi connectivity index (χ4v) is 3.34. The molecule has 1 N–H and O–H groups in total. The average molecular weight is 406 g/mol. The minimum absolute atomic E-state index is 0.226. The lowest BCUT2D eigenvalue weighted by atomic mass is 10.0. The van der Waals surface area contributed by atoms with Crippen LogP contribution in [0.4, 0.5) is 13.2 Å². The molecule has 1 heterocycles. The van der Waals surface area contributed by atoms with E-state index in [2.05, 4.69) is 10.3 Å². The molecule has 0 saturated heterocycles. The van der Waals surface area contributed by atoms with Crippen LogP contribution in [0.2, 0.25) is 0 Å². The van der Waals surface area contributed by atoms with Crippen molar-refractivity contribution in [2.75, 3.05) is 0 Å². The van der Waals surface area contributed by atoms with Crippen molar-refractivity contribution in [3.63, 3.8) is 0 Å². The number of halogens is 3. The fourth-order valence-electron chi connectivity index (χ4n) is 2.64. The number of hydrogen-bond acceptors (Lipinski definition) is 4. The van der Waals surface area contributed by atoms with Gasteiger partial charge in [0.15, 0.2) is 0 Å². The van der Waals surface area contributed by atoms with Gasteiger partial charge in [-0.1, -0.05) is 29.8 Å². The molecule has 0 radical (unpaired) electrons. The number of nitrogens with zero attached hydrogens (tertiary/aromatic N) is 1. The Kier molecular flexibility index (Phi) is 6.36. The molecular weight excluding hydrogens is 385 g/mol. The number of aryl methyl sites for hydroxylation is 1. The van der Waals surface area contributed by atoms with Crippen LogP contribution < -0.4 is 10.1 Å². The summed E-state index contributed by atoms with van der Waals surface area (Å²) in [6.45, 7) is 4.71. The van der Waals surface area contributed by atoms with Crippen LogP contribution in [-0.4, -0.2) is 4.98 Å². The van der Waals surface area contributed by atoms with Crippen LogP contribution in [0.1, 0.15) is 40.4 Å². The van der Waals surface area contributed by atoms with Crippen LogP contribution in [0.5, 0.6) is 5.75 Å². The van der Waals surface area contributed by atoms with Gasteiger partial charge in [0.25, 0.3) is 0 Å². The summed E-state index contributed by atoms with van der Waals surface area (Å²) in [6, 6.07) is 13.0. The molecule has 2 aromatic carbocycles. The van der Waals surface area contributed by atoms with Crippen LogP contribution in [-0.2, 0) is 19.3 Å². The molecule has 0 aliphatic rings. The summed E-state index contributed by atoms with van der Waals surface area (Å²) in [5, 5.41) is 6.00. The molecule has 28 heavy (non-hydrogen) atoms. The average Bonchev–Trinajstić information content (AvgIpc) is 3.13. The van der Waals surface area contributed by atoms with Crippen molar-refractivity contribution in [1.29, 1.82) is 0 Å². The zero-order chi connectivity index (χ0) is 20.1. The summed E-state index contributed by atoms with van der Waals surface area (Å²) >= 11 is 1.50. The Hall–Kier alpha value is -2.38. The summed E-state index contributed by atoms with van der Waals surface area (Å²) in [6.07, 6.45) is -4.34. The van der Waals surface area contributed by atoms with Gasteiger partial charge in [0.05, 0.1) is 11.3 Å². The molecule has 0 aliphatic heterocycles. The summed E-state index contributed by atoms with van der Waals surface area (Å²) in [7, 11) is 0. The molecule has 0 saturated carbocycles. The minimum Gasteiger partial charge on any atom is -0.486 e. The van der Waals surface area contributed by atoms with Crippen molar-refractivity contribution >= 4 is 11.3 Å². The highest BCUT2D eigenvalue weighted by Crippen LogP contribution is 2.30. The highest BCUT2D eigenvalue weighted by atomic mass is 32.1. The lowest BCUT2D eigenvalue weighted by molar-refractivity contribution is -0.137. The van der Waals surface area contributed by atoms with Crippen LogP contribution in [0, 0.1) is 6.92 Å². The number of aromatic nitrogens is 1. The molecule has 0 aliphatic carbocycles. The number of ether oxygens (including phenoxy) is 1. The largest absolute Gasteiger partial charge is 0.486 e. The first-order valence-corrected chi connectivity index (χ1v) is 9.72. The molecule has 0 fully saturated rings. The van der Waals surface area contributed by atoms with Crippen LogP contribution in [0.3, 0.4) is 0 Å².